The highest BCUT2D eigenvalue weighted by atomic mass is 32.1. The largest absolute Gasteiger partial charge is 0.480 e. The molecule has 1 fully saturated rings. The number of likely N-dealkylation sites (tertiary alicyclic amines) is 1. The number of aliphatic carboxylic acids is 1. The molecule has 1 N–H and O–H groups in total. The highest BCUT2D eigenvalue weighted by molar-refractivity contribution is 7.09. The number of carboxylic acid groups (broad SMARTS) is 1. The lowest BCUT2D eigenvalue weighted by atomic mass is 10.1. The van der Waals surface area contributed by atoms with Gasteiger partial charge in [0.25, 0.3) is 0 Å². The Morgan fingerprint density at radius 2 is 2.37 bits per heavy atom. The topological polar surface area (TPSA) is 53.4 Å². The van der Waals surface area contributed by atoms with Crippen LogP contribution in [0.3, 0.4) is 0 Å². The summed E-state index contributed by atoms with van der Waals surface area (Å²) in [5.41, 5.74) is 1.03. The maximum atomic E-state index is 11.4. The third-order valence-corrected chi connectivity index (χ3v) is 4.53. The van der Waals surface area contributed by atoms with Crippen LogP contribution in [0.4, 0.5) is 0 Å². The van der Waals surface area contributed by atoms with Gasteiger partial charge in [-0.3, -0.25) is 9.69 Å². The Morgan fingerprint density at radius 3 is 3.11 bits per heavy atom. The number of carbonyl (C=O) groups is 1. The summed E-state index contributed by atoms with van der Waals surface area (Å²) in [5.74, 6) is -0.689. The standard InChI is InChI=1S/C14H22N2O2S/c1-2-6-13-15-11(10-19-13)9-16-8-5-3-4-7-12(16)14(17)18/h10,12H,2-9H2,1H3,(H,17,18). The highest BCUT2D eigenvalue weighted by Gasteiger charge is 2.27. The molecule has 1 aliphatic heterocycles. The molecule has 106 valence electrons. The van der Waals surface area contributed by atoms with E-state index < -0.39 is 5.97 Å². The number of aryl methyl sites for hydroxylation is 1. The summed E-state index contributed by atoms with van der Waals surface area (Å²) in [4.78, 5) is 18.0. The van der Waals surface area contributed by atoms with Crippen molar-refractivity contribution in [3.05, 3.63) is 16.1 Å². The van der Waals surface area contributed by atoms with Gasteiger partial charge in [-0.15, -0.1) is 11.3 Å². The van der Waals surface area contributed by atoms with E-state index in [0.29, 0.717) is 6.54 Å². The smallest absolute Gasteiger partial charge is 0.320 e. The van der Waals surface area contributed by atoms with Crippen LogP contribution in [0.5, 0.6) is 0 Å². The Kier molecular flexibility index (Phi) is 5.34. The first-order valence-corrected chi connectivity index (χ1v) is 7.98. The first-order valence-electron chi connectivity index (χ1n) is 7.11. The number of aromatic nitrogens is 1. The van der Waals surface area contributed by atoms with Gasteiger partial charge >= 0.3 is 5.97 Å². The van der Waals surface area contributed by atoms with E-state index >= 15 is 0 Å². The molecule has 1 aromatic heterocycles. The zero-order valence-corrected chi connectivity index (χ0v) is 12.3. The number of hydrogen-bond donors (Lipinski definition) is 1. The minimum Gasteiger partial charge on any atom is -0.480 e. The van der Waals surface area contributed by atoms with Gasteiger partial charge in [0.05, 0.1) is 10.7 Å². The van der Waals surface area contributed by atoms with Crippen LogP contribution < -0.4 is 0 Å². The van der Waals surface area contributed by atoms with Gasteiger partial charge in [-0.1, -0.05) is 19.8 Å². The van der Waals surface area contributed by atoms with Gasteiger partial charge in [-0.25, -0.2) is 4.98 Å². The lowest BCUT2D eigenvalue weighted by Crippen LogP contribution is -2.40. The molecular formula is C14H22N2O2S. The average molecular weight is 282 g/mol. The summed E-state index contributed by atoms with van der Waals surface area (Å²) in [6.45, 7) is 3.70. The quantitative estimate of drug-likeness (QED) is 0.902. The first-order chi connectivity index (χ1) is 9.20. The molecule has 0 saturated carbocycles. The molecular weight excluding hydrogens is 260 g/mol. The fourth-order valence-electron chi connectivity index (χ4n) is 2.59. The zero-order chi connectivity index (χ0) is 13.7. The molecule has 0 spiro atoms. The molecule has 19 heavy (non-hydrogen) atoms. The normalized spacial score (nSPS) is 21.2. The van der Waals surface area contributed by atoms with Crippen LogP contribution in [0, 0.1) is 0 Å². The monoisotopic (exact) mass is 282 g/mol. The predicted octanol–water partition coefficient (Wildman–Crippen LogP) is 2.92. The molecule has 1 aliphatic rings. The van der Waals surface area contributed by atoms with Gasteiger partial charge in [0, 0.05) is 11.9 Å². The number of hydrogen-bond acceptors (Lipinski definition) is 4. The van der Waals surface area contributed by atoms with Crippen molar-refractivity contribution in [2.75, 3.05) is 6.54 Å². The van der Waals surface area contributed by atoms with E-state index in [2.05, 4.69) is 22.2 Å². The molecule has 2 rings (SSSR count). The van der Waals surface area contributed by atoms with Crippen molar-refractivity contribution in [3.8, 4) is 0 Å². The summed E-state index contributed by atoms with van der Waals surface area (Å²) in [6.07, 6.45) is 6.14. The Hall–Kier alpha value is -0.940. The third kappa shape index (κ3) is 4.01. The Balaban J connectivity index is 2.02. The minimum absolute atomic E-state index is 0.334. The molecule has 1 saturated heterocycles. The minimum atomic E-state index is -0.689. The van der Waals surface area contributed by atoms with Crippen molar-refractivity contribution in [2.45, 2.75) is 58.0 Å². The van der Waals surface area contributed by atoms with E-state index in [0.717, 1.165) is 50.8 Å². The van der Waals surface area contributed by atoms with Crippen molar-refractivity contribution in [1.82, 2.24) is 9.88 Å². The number of carboxylic acids is 1. The zero-order valence-electron chi connectivity index (χ0n) is 11.5. The molecule has 0 bridgehead atoms. The molecule has 5 heteroatoms. The fraction of sp³-hybridized carbons (Fsp3) is 0.714. The predicted molar refractivity (Wildman–Crippen MR) is 76.4 cm³/mol. The second kappa shape index (κ2) is 7.01. The molecule has 1 aromatic rings. The SMILES string of the molecule is CCCc1nc(CN2CCCCCC2C(=O)O)cs1. The highest BCUT2D eigenvalue weighted by Crippen LogP contribution is 2.21. The summed E-state index contributed by atoms with van der Waals surface area (Å²) >= 11 is 1.69. The lowest BCUT2D eigenvalue weighted by molar-refractivity contribution is -0.143. The van der Waals surface area contributed by atoms with Crippen LogP contribution in [0.25, 0.3) is 0 Å². The van der Waals surface area contributed by atoms with Crippen molar-refractivity contribution in [3.63, 3.8) is 0 Å². The molecule has 0 aliphatic carbocycles. The van der Waals surface area contributed by atoms with Gasteiger partial charge in [-0.05, 0) is 32.2 Å². The second-order valence-corrected chi connectivity index (χ2v) is 6.10. The van der Waals surface area contributed by atoms with Crippen molar-refractivity contribution in [1.29, 1.82) is 0 Å². The van der Waals surface area contributed by atoms with Crippen LogP contribution in [-0.2, 0) is 17.8 Å². The van der Waals surface area contributed by atoms with Crippen LogP contribution in [-0.4, -0.2) is 33.5 Å². The van der Waals surface area contributed by atoms with Gasteiger partial charge in [0.1, 0.15) is 6.04 Å². The van der Waals surface area contributed by atoms with Crippen LogP contribution in [0.1, 0.15) is 49.7 Å². The van der Waals surface area contributed by atoms with E-state index in [1.165, 1.54) is 5.01 Å². The second-order valence-electron chi connectivity index (χ2n) is 5.16. The van der Waals surface area contributed by atoms with Crippen molar-refractivity contribution < 1.29 is 9.90 Å². The average Bonchev–Trinajstić information content (AvgIpc) is 2.67. The molecule has 1 unspecified atom stereocenters. The Labute approximate surface area is 118 Å². The Morgan fingerprint density at radius 1 is 1.53 bits per heavy atom. The van der Waals surface area contributed by atoms with E-state index in [-0.39, 0.29) is 6.04 Å². The van der Waals surface area contributed by atoms with Crippen molar-refractivity contribution >= 4 is 17.3 Å². The summed E-state index contributed by atoms with van der Waals surface area (Å²) in [7, 11) is 0. The Bertz CT molecular complexity index is 419. The van der Waals surface area contributed by atoms with Crippen LogP contribution in [0.15, 0.2) is 5.38 Å². The molecule has 2 heterocycles. The lowest BCUT2D eigenvalue weighted by Gasteiger charge is -2.25. The van der Waals surface area contributed by atoms with Crippen molar-refractivity contribution in [2.24, 2.45) is 0 Å². The molecule has 0 amide bonds. The molecule has 0 radical (unpaired) electrons. The molecule has 0 aromatic carbocycles. The van der Waals surface area contributed by atoms with Gasteiger partial charge in [0.2, 0.25) is 0 Å². The van der Waals surface area contributed by atoms with Gasteiger partial charge < -0.3 is 5.11 Å². The maximum absolute atomic E-state index is 11.4. The summed E-state index contributed by atoms with van der Waals surface area (Å²) < 4.78 is 0. The number of rotatable bonds is 5. The van der Waals surface area contributed by atoms with E-state index in [9.17, 15) is 9.90 Å². The van der Waals surface area contributed by atoms with E-state index in [1.807, 2.05) is 0 Å². The van der Waals surface area contributed by atoms with Crippen LogP contribution in [0.2, 0.25) is 0 Å². The number of nitrogens with zero attached hydrogens (tertiary/aromatic N) is 2. The van der Waals surface area contributed by atoms with E-state index in [4.69, 9.17) is 0 Å². The summed E-state index contributed by atoms with van der Waals surface area (Å²) in [6, 6.07) is -0.334. The van der Waals surface area contributed by atoms with E-state index in [1.54, 1.807) is 11.3 Å². The maximum Gasteiger partial charge on any atom is 0.320 e. The third-order valence-electron chi connectivity index (χ3n) is 3.58. The fourth-order valence-corrected chi connectivity index (χ4v) is 3.49. The molecule has 1 atom stereocenters. The number of thiazole rings is 1. The molecule has 4 nitrogen and oxygen atoms in total. The first kappa shape index (κ1) is 14.5. The van der Waals surface area contributed by atoms with Crippen LogP contribution >= 0.6 is 11.3 Å². The van der Waals surface area contributed by atoms with Gasteiger partial charge in [-0.2, -0.15) is 0 Å². The summed E-state index contributed by atoms with van der Waals surface area (Å²) in [5, 5.41) is 12.6. The van der Waals surface area contributed by atoms with Gasteiger partial charge in [0.15, 0.2) is 0 Å².